The van der Waals surface area contributed by atoms with Crippen LogP contribution in [0.15, 0.2) is 127 Å². The van der Waals surface area contributed by atoms with Crippen LogP contribution in [0, 0.1) is 0 Å². The van der Waals surface area contributed by atoms with Crippen molar-refractivity contribution >= 4 is 45.0 Å². The topological polar surface area (TPSA) is 85.4 Å². The van der Waals surface area contributed by atoms with E-state index >= 15 is 0 Å². The quantitative estimate of drug-likeness (QED) is 0.0864. The highest BCUT2D eigenvalue weighted by atomic mass is 16.5. The minimum Gasteiger partial charge on any atom is -0.497 e. The molecule has 2 unspecified atom stereocenters. The number of anilines is 1. The lowest BCUT2D eigenvalue weighted by Crippen LogP contribution is -2.61. The van der Waals surface area contributed by atoms with Crippen LogP contribution in [-0.2, 0) is 4.79 Å². The van der Waals surface area contributed by atoms with Gasteiger partial charge < -0.3 is 14.2 Å². The van der Waals surface area contributed by atoms with E-state index in [0.717, 1.165) is 32.8 Å². The Kier molecular flexibility index (Phi) is 7.68. The van der Waals surface area contributed by atoms with Crippen molar-refractivity contribution < 1.29 is 28.6 Å². The first-order valence-electron chi connectivity index (χ1n) is 16.2. The number of imide groups is 1. The van der Waals surface area contributed by atoms with Crippen molar-refractivity contribution in [2.24, 2.45) is 0 Å². The highest BCUT2D eigenvalue weighted by Gasteiger charge is 2.51. The highest BCUT2D eigenvalue weighted by Crippen LogP contribution is 2.42. The molecule has 0 aromatic heterocycles. The highest BCUT2D eigenvalue weighted by molar-refractivity contribution is 6.25. The Balaban J connectivity index is 0.961. The molecule has 0 radical (unpaired) electrons. The summed E-state index contributed by atoms with van der Waals surface area (Å²) in [5.41, 5.74) is 2.73. The van der Waals surface area contributed by atoms with Gasteiger partial charge in [-0.25, -0.2) is 0 Å². The number of nitrogens with zero attached hydrogens (tertiary/aromatic N) is 2. The molecule has 242 valence electrons. The Morgan fingerprint density at radius 2 is 1.27 bits per heavy atom. The SMILES string of the molecule is COc1ccc(N2C(=O)C(Oc3ccc4ccccc4c3)C2c2ccc(OCCCN3C(=O)c4cccc5cccc(c45)C3=O)cc2)cc1. The van der Waals surface area contributed by atoms with Gasteiger partial charge in [0.25, 0.3) is 17.7 Å². The molecule has 2 aliphatic rings. The zero-order valence-corrected chi connectivity index (χ0v) is 26.7. The van der Waals surface area contributed by atoms with Gasteiger partial charge in [0.15, 0.2) is 0 Å². The molecule has 0 spiro atoms. The summed E-state index contributed by atoms with van der Waals surface area (Å²) in [5, 5.41) is 3.73. The molecule has 1 saturated heterocycles. The molecule has 2 heterocycles. The number of carbonyl (C=O) groups excluding carboxylic acids is 3. The largest absolute Gasteiger partial charge is 0.497 e. The van der Waals surface area contributed by atoms with Crippen molar-refractivity contribution in [3.8, 4) is 17.2 Å². The fourth-order valence-electron chi connectivity index (χ4n) is 6.78. The Morgan fingerprint density at radius 1 is 0.633 bits per heavy atom. The lowest BCUT2D eigenvalue weighted by atomic mass is 9.89. The predicted molar refractivity (Wildman–Crippen MR) is 187 cm³/mol. The first-order chi connectivity index (χ1) is 24.0. The maximum Gasteiger partial charge on any atom is 0.271 e. The zero-order valence-electron chi connectivity index (χ0n) is 26.7. The van der Waals surface area contributed by atoms with E-state index in [2.05, 4.69) is 0 Å². The molecule has 0 aliphatic carbocycles. The maximum atomic E-state index is 13.6. The molecule has 6 aromatic rings. The van der Waals surface area contributed by atoms with Gasteiger partial charge in [0.1, 0.15) is 23.3 Å². The number of carbonyl (C=O) groups is 3. The van der Waals surface area contributed by atoms with Gasteiger partial charge in [-0.05, 0) is 88.8 Å². The Hall–Kier alpha value is -6.15. The van der Waals surface area contributed by atoms with Crippen LogP contribution >= 0.6 is 0 Å². The van der Waals surface area contributed by atoms with Crippen LogP contribution in [0.1, 0.15) is 38.7 Å². The Labute approximate surface area is 283 Å². The third kappa shape index (κ3) is 5.41. The summed E-state index contributed by atoms with van der Waals surface area (Å²) in [5.74, 6) is 1.27. The van der Waals surface area contributed by atoms with E-state index < -0.39 is 6.10 Å². The molecule has 6 aromatic carbocycles. The van der Waals surface area contributed by atoms with Gasteiger partial charge in [-0.1, -0.05) is 66.7 Å². The lowest BCUT2D eigenvalue weighted by molar-refractivity contribution is -0.135. The third-order valence-corrected chi connectivity index (χ3v) is 9.25. The summed E-state index contributed by atoms with van der Waals surface area (Å²) in [6.45, 7) is 0.561. The van der Waals surface area contributed by atoms with Crippen molar-refractivity contribution in [3.63, 3.8) is 0 Å². The van der Waals surface area contributed by atoms with E-state index in [1.165, 1.54) is 4.90 Å². The number of hydrogen-bond acceptors (Lipinski definition) is 6. The fraction of sp³-hybridized carbons (Fsp3) is 0.146. The molecule has 2 aliphatic heterocycles. The van der Waals surface area contributed by atoms with Gasteiger partial charge in [0.05, 0.1) is 13.7 Å². The molecule has 49 heavy (non-hydrogen) atoms. The molecule has 2 atom stereocenters. The molecule has 0 saturated carbocycles. The second kappa shape index (κ2) is 12.5. The molecule has 1 fully saturated rings. The average molecular weight is 649 g/mol. The van der Waals surface area contributed by atoms with E-state index in [1.807, 2.05) is 115 Å². The number of β-lactam (4-membered cyclic amide) rings is 1. The van der Waals surface area contributed by atoms with Crippen LogP contribution in [0.3, 0.4) is 0 Å². The summed E-state index contributed by atoms with van der Waals surface area (Å²) >= 11 is 0. The van der Waals surface area contributed by atoms with E-state index in [1.54, 1.807) is 24.1 Å². The van der Waals surface area contributed by atoms with E-state index in [4.69, 9.17) is 14.2 Å². The summed E-state index contributed by atoms with van der Waals surface area (Å²) in [7, 11) is 1.61. The molecule has 8 heteroatoms. The van der Waals surface area contributed by atoms with Gasteiger partial charge >= 0.3 is 0 Å². The molecule has 8 nitrogen and oxygen atoms in total. The van der Waals surface area contributed by atoms with Gasteiger partial charge in [0.2, 0.25) is 6.10 Å². The molecule has 8 rings (SSSR count). The monoisotopic (exact) mass is 648 g/mol. The zero-order chi connectivity index (χ0) is 33.5. The second-order valence-electron chi connectivity index (χ2n) is 12.1. The van der Waals surface area contributed by atoms with Crippen LogP contribution in [-0.4, -0.2) is 49.0 Å². The summed E-state index contributed by atoms with van der Waals surface area (Å²) in [6, 6.07) is 39.6. The number of rotatable bonds is 10. The first kappa shape index (κ1) is 30.2. The molecule has 3 amide bonds. The minimum absolute atomic E-state index is 0.135. The molecular formula is C41H32N2O6. The van der Waals surface area contributed by atoms with Crippen LogP contribution < -0.4 is 19.1 Å². The van der Waals surface area contributed by atoms with Gasteiger partial charge in [0, 0.05) is 28.7 Å². The smallest absolute Gasteiger partial charge is 0.271 e. The van der Waals surface area contributed by atoms with Crippen molar-refractivity contribution in [1.82, 2.24) is 4.90 Å². The average Bonchev–Trinajstić information content (AvgIpc) is 3.15. The summed E-state index contributed by atoms with van der Waals surface area (Å²) < 4.78 is 17.7. The second-order valence-corrected chi connectivity index (χ2v) is 12.1. The van der Waals surface area contributed by atoms with Crippen molar-refractivity contribution in [2.45, 2.75) is 18.6 Å². The van der Waals surface area contributed by atoms with Crippen LogP contribution in [0.2, 0.25) is 0 Å². The van der Waals surface area contributed by atoms with E-state index in [0.29, 0.717) is 41.4 Å². The number of amides is 3. The first-order valence-corrected chi connectivity index (χ1v) is 16.2. The normalized spacial score (nSPS) is 17.0. The van der Waals surface area contributed by atoms with Crippen molar-refractivity contribution in [3.05, 3.63) is 144 Å². The van der Waals surface area contributed by atoms with Crippen molar-refractivity contribution in [1.29, 1.82) is 0 Å². The van der Waals surface area contributed by atoms with Crippen molar-refractivity contribution in [2.75, 3.05) is 25.2 Å². The Morgan fingerprint density at radius 3 is 1.96 bits per heavy atom. The number of methoxy groups -OCH3 is 1. The summed E-state index contributed by atoms with van der Waals surface area (Å²) in [4.78, 5) is 43.1. The minimum atomic E-state index is -0.717. The third-order valence-electron chi connectivity index (χ3n) is 9.25. The number of fused-ring (bicyclic) bond motifs is 1. The maximum absolute atomic E-state index is 13.6. The van der Waals surface area contributed by atoms with Crippen LogP contribution in [0.4, 0.5) is 5.69 Å². The van der Waals surface area contributed by atoms with Crippen LogP contribution in [0.25, 0.3) is 21.5 Å². The number of benzene rings is 6. The van der Waals surface area contributed by atoms with E-state index in [9.17, 15) is 14.4 Å². The lowest BCUT2D eigenvalue weighted by Gasteiger charge is -2.46. The Bertz CT molecular complexity index is 2180. The van der Waals surface area contributed by atoms with Gasteiger partial charge in [-0.3, -0.25) is 24.2 Å². The molecule has 0 bridgehead atoms. The molecule has 0 N–H and O–H groups in total. The number of hydrogen-bond donors (Lipinski definition) is 0. The standard InChI is InChI=1S/C41H32N2O6/c1-47-31-21-16-30(17-22-31)43-37(38(41(43)46)49-33-20-13-26-7-2-3-8-29(26)25-33)28-14-18-32(19-15-28)48-24-6-23-42-39(44)34-11-4-9-27-10-5-12-35(36(27)34)40(42)45/h2-5,7-22,25,37-38H,6,23-24H2,1H3. The predicted octanol–water partition coefficient (Wildman–Crippen LogP) is 7.60. The summed E-state index contributed by atoms with van der Waals surface area (Å²) in [6.07, 6.45) is -0.243. The van der Waals surface area contributed by atoms with Gasteiger partial charge in [-0.15, -0.1) is 0 Å². The molecular weight excluding hydrogens is 616 g/mol. The fourth-order valence-corrected chi connectivity index (χ4v) is 6.78. The number of ether oxygens (including phenoxy) is 3. The van der Waals surface area contributed by atoms with Crippen LogP contribution in [0.5, 0.6) is 17.2 Å². The van der Waals surface area contributed by atoms with E-state index in [-0.39, 0.29) is 30.3 Å². The van der Waals surface area contributed by atoms with Gasteiger partial charge in [-0.2, -0.15) is 0 Å².